The van der Waals surface area contributed by atoms with Gasteiger partial charge in [-0.3, -0.25) is 20.0 Å². The molecule has 9 nitrogen and oxygen atoms in total. The molecule has 134 valence electrons. The molecule has 0 aliphatic heterocycles. The van der Waals surface area contributed by atoms with Crippen LogP contribution in [0.2, 0.25) is 0 Å². The van der Waals surface area contributed by atoms with Crippen LogP contribution in [0.25, 0.3) is 10.7 Å². The highest BCUT2D eigenvalue weighted by Gasteiger charge is 2.15. The standard InChI is InChI=1S/C15H13N5O4S2/c1-24-11-5-4-9(20(22)23)7-10(11)16-13(21)8-26-15-17-14(18-19-15)12-3-2-6-25-12/h2-7H,8H2,1H3,(H,16,21)(H,17,18,19). The number of nitro groups is 1. The zero-order valence-corrected chi connectivity index (χ0v) is 15.1. The quantitative estimate of drug-likeness (QED) is 0.360. The number of carbonyl (C=O) groups is 1. The molecule has 0 atom stereocenters. The molecule has 1 amide bonds. The van der Waals surface area contributed by atoms with Crippen LogP contribution in [0.1, 0.15) is 0 Å². The molecule has 1 aromatic carbocycles. The van der Waals surface area contributed by atoms with E-state index in [0.29, 0.717) is 16.7 Å². The Hall–Kier alpha value is -2.92. The van der Waals surface area contributed by atoms with Crippen molar-refractivity contribution >= 4 is 40.4 Å². The summed E-state index contributed by atoms with van der Waals surface area (Å²) in [7, 11) is 1.42. The van der Waals surface area contributed by atoms with Gasteiger partial charge < -0.3 is 10.1 Å². The monoisotopic (exact) mass is 391 g/mol. The molecule has 2 N–H and O–H groups in total. The average molecular weight is 391 g/mol. The van der Waals surface area contributed by atoms with E-state index in [1.54, 1.807) is 0 Å². The van der Waals surface area contributed by atoms with Gasteiger partial charge in [-0.2, -0.15) is 0 Å². The molecule has 0 fully saturated rings. The summed E-state index contributed by atoms with van der Waals surface area (Å²) < 4.78 is 5.12. The fourth-order valence-electron chi connectivity index (χ4n) is 2.06. The van der Waals surface area contributed by atoms with E-state index in [1.165, 1.54) is 36.6 Å². The third kappa shape index (κ3) is 4.18. The van der Waals surface area contributed by atoms with Gasteiger partial charge in [0, 0.05) is 12.1 Å². The van der Waals surface area contributed by atoms with Crippen molar-refractivity contribution in [3.8, 4) is 16.5 Å². The third-order valence-corrected chi connectivity index (χ3v) is 4.94. The smallest absolute Gasteiger partial charge is 0.271 e. The average Bonchev–Trinajstić information content (AvgIpc) is 3.31. The lowest BCUT2D eigenvalue weighted by Gasteiger charge is -2.09. The molecule has 0 saturated heterocycles. The van der Waals surface area contributed by atoms with E-state index >= 15 is 0 Å². The highest BCUT2D eigenvalue weighted by atomic mass is 32.2. The van der Waals surface area contributed by atoms with Gasteiger partial charge in [-0.15, -0.1) is 16.4 Å². The number of amides is 1. The maximum atomic E-state index is 12.1. The predicted molar refractivity (Wildman–Crippen MR) is 98.7 cm³/mol. The number of hydrogen-bond donors (Lipinski definition) is 2. The number of nitro benzene ring substituents is 1. The topological polar surface area (TPSA) is 123 Å². The molecular weight excluding hydrogens is 378 g/mol. The number of thioether (sulfide) groups is 1. The molecular formula is C15H13N5O4S2. The summed E-state index contributed by atoms with van der Waals surface area (Å²) in [6.07, 6.45) is 0. The molecule has 26 heavy (non-hydrogen) atoms. The van der Waals surface area contributed by atoms with E-state index in [9.17, 15) is 14.9 Å². The number of benzene rings is 1. The lowest BCUT2D eigenvalue weighted by atomic mass is 10.2. The summed E-state index contributed by atoms with van der Waals surface area (Å²) in [6.45, 7) is 0. The van der Waals surface area contributed by atoms with E-state index in [1.807, 2.05) is 17.5 Å². The number of carbonyl (C=O) groups excluding carboxylic acids is 1. The summed E-state index contributed by atoms with van der Waals surface area (Å²) in [4.78, 5) is 27.8. The number of ether oxygens (including phenoxy) is 1. The summed E-state index contributed by atoms with van der Waals surface area (Å²) >= 11 is 2.69. The van der Waals surface area contributed by atoms with Gasteiger partial charge in [0.25, 0.3) is 5.69 Å². The summed E-state index contributed by atoms with van der Waals surface area (Å²) in [6, 6.07) is 7.83. The number of nitrogens with zero attached hydrogens (tertiary/aromatic N) is 3. The molecule has 0 radical (unpaired) electrons. The minimum atomic E-state index is -0.538. The lowest BCUT2D eigenvalue weighted by Crippen LogP contribution is -2.15. The third-order valence-electron chi connectivity index (χ3n) is 3.22. The van der Waals surface area contributed by atoms with Gasteiger partial charge >= 0.3 is 0 Å². The molecule has 0 spiro atoms. The van der Waals surface area contributed by atoms with Crippen LogP contribution in [0, 0.1) is 10.1 Å². The minimum absolute atomic E-state index is 0.0492. The van der Waals surface area contributed by atoms with Crippen LogP contribution in [-0.2, 0) is 4.79 Å². The van der Waals surface area contributed by atoms with Crippen LogP contribution in [0.3, 0.4) is 0 Å². The Kier molecular flexibility index (Phi) is 5.49. The second-order valence-corrected chi connectivity index (χ2v) is 6.81. The molecule has 3 aromatic rings. The van der Waals surface area contributed by atoms with Crippen LogP contribution >= 0.6 is 23.1 Å². The van der Waals surface area contributed by atoms with Crippen LogP contribution in [0.4, 0.5) is 11.4 Å². The Morgan fingerprint density at radius 1 is 1.46 bits per heavy atom. The van der Waals surface area contributed by atoms with Crippen molar-refractivity contribution in [3.63, 3.8) is 0 Å². The van der Waals surface area contributed by atoms with Crippen molar-refractivity contribution in [1.82, 2.24) is 15.2 Å². The first-order chi connectivity index (χ1) is 12.6. The molecule has 0 unspecified atom stereocenters. The first-order valence-corrected chi connectivity index (χ1v) is 9.14. The maximum absolute atomic E-state index is 12.1. The molecule has 0 bridgehead atoms. The van der Waals surface area contributed by atoms with Crippen molar-refractivity contribution in [2.75, 3.05) is 18.2 Å². The number of nitrogens with one attached hydrogen (secondary N) is 2. The van der Waals surface area contributed by atoms with Gasteiger partial charge in [-0.05, 0) is 17.5 Å². The fourth-order valence-corrected chi connectivity index (χ4v) is 3.32. The Morgan fingerprint density at radius 3 is 3.00 bits per heavy atom. The second kappa shape index (κ2) is 7.97. The SMILES string of the molecule is COc1ccc([N+](=O)[O-])cc1NC(=O)CSc1n[nH]c(-c2cccs2)n1. The highest BCUT2D eigenvalue weighted by molar-refractivity contribution is 7.99. The zero-order chi connectivity index (χ0) is 18.5. The van der Waals surface area contributed by atoms with E-state index in [0.717, 1.165) is 16.6 Å². The number of H-pyrrole nitrogens is 1. The van der Waals surface area contributed by atoms with Gasteiger partial charge in [0.15, 0.2) is 5.82 Å². The van der Waals surface area contributed by atoms with Gasteiger partial charge in [-0.25, -0.2) is 4.98 Å². The molecule has 11 heteroatoms. The van der Waals surface area contributed by atoms with Crippen molar-refractivity contribution in [1.29, 1.82) is 0 Å². The number of non-ortho nitro benzene ring substituents is 1. The number of thiophene rings is 1. The van der Waals surface area contributed by atoms with Crippen LogP contribution < -0.4 is 10.1 Å². The normalized spacial score (nSPS) is 10.5. The maximum Gasteiger partial charge on any atom is 0.271 e. The largest absolute Gasteiger partial charge is 0.495 e. The number of aromatic amines is 1. The molecule has 0 aliphatic carbocycles. The summed E-state index contributed by atoms with van der Waals surface area (Å²) in [5, 5.41) is 22.7. The second-order valence-electron chi connectivity index (χ2n) is 4.92. The number of methoxy groups -OCH3 is 1. The Labute approximate surface area is 155 Å². The van der Waals surface area contributed by atoms with Gasteiger partial charge in [-0.1, -0.05) is 17.8 Å². The van der Waals surface area contributed by atoms with Crippen molar-refractivity contribution < 1.29 is 14.5 Å². The van der Waals surface area contributed by atoms with Crippen molar-refractivity contribution in [2.24, 2.45) is 0 Å². The zero-order valence-electron chi connectivity index (χ0n) is 13.5. The van der Waals surface area contributed by atoms with E-state index in [-0.39, 0.29) is 23.0 Å². The van der Waals surface area contributed by atoms with E-state index in [2.05, 4.69) is 20.5 Å². The Balaban J connectivity index is 1.62. The Bertz CT molecular complexity index is 926. The lowest BCUT2D eigenvalue weighted by molar-refractivity contribution is -0.384. The van der Waals surface area contributed by atoms with Crippen LogP contribution in [-0.4, -0.2) is 38.9 Å². The summed E-state index contributed by atoms with van der Waals surface area (Å²) in [5.41, 5.74) is 0.102. The highest BCUT2D eigenvalue weighted by Crippen LogP contribution is 2.29. The fraction of sp³-hybridized carbons (Fsp3) is 0.133. The van der Waals surface area contributed by atoms with E-state index < -0.39 is 4.92 Å². The molecule has 0 aliphatic rings. The molecule has 3 rings (SSSR count). The molecule has 0 saturated carbocycles. The van der Waals surface area contributed by atoms with Crippen LogP contribution in [0.15, 0.2) is 40.9 Å². The number of rotatable bonds is 7. The van der Waals surface area contributed by atoms with Gasteiger partial charge in [0.2, 0.25) is 11.1 Å². The van der Waals surface area contributed by atoms with E-state index in [4.69, 9.17) is 4.74 Å². The first kappa shape index (κ1) is 17.9. The van der Waals surface area contributed by atoms with Crippen molar-refractivity contribution in [2.45, 2.75) is 5.16 Å². The van der Waals surface area contributed by atoms with Crippen molar-refractivity contribution in [3.05, 3.63) is 45.8 Å². The summed E-state index contributed by atoms with van der Waals surface area (Å²) in [5.74, 6) is 0.680. The van der Waals surface area contributed by atoms with Crippen LogP contribution in [0.5, 0.6) is 5.75 Å². The van der Waals surface area contributed by atoms with Gasteiger partial charge in [0.05, 0.1) is 28.4 Å². The molecule has 2 heterocycles. The predicted octanol–water partition coefficient (Wildman–Crippen LogP) is 3.18. The molecule has 2 aromatic heterocycles. The number of hydrogen-bond acceptors (Lipinski definition) is 8. The first-order valence-electron chi connectivity index (χ1n) is 7.28. The number of anilines is 1. The van der Waals surface area contributed by atoms with Gasteiger partial charge in [0.1, 0.15) is 5.75 Å². The minimum Gasteiger partial charge on any atom is -0.495 e. The number of aromatic nitrogens is 3. The Morgan fingerprint density at radius 2 is 2.31 bits per heavy atom.